The van der Waals surface area contributed by atoms with Crippen LogP contribution in [0.3, 0.4) is 0 Å². The Labute approximate surface area is 295 Å². The molecule has 0 spiro atoms. The first-order chi connectivity index (χ1) is 23.9. The molecule has 0 fully saturated rings. The summed E-state index contributed by atoms with van der Waals surface area (Å²) in [7, 11) is 0. The average molecular weight is 708 g/mol. The van der Waals surface area contributed by atoms with Gasteiger partial charge in [-0.1, -0.05) is 49.7 Å². The number of carbonyl (C=O) groups excluding carboxylic acids is 5. The summed E-state index contributed by atoms with van der Waals surface area (Å²) in [5.41, 5.74) is 0.729. The van der Waals surface area contributed by atoms with Gasteiger partial charge < -0.3 is 41.2 Å². The number of para-hydroxylation sites is 1. The molecule has 0 radical (unpaired) electrons. The molecule has 0 saturated heterocycles. The maximum atomic E-state index is 13.7. The monoisotopic (exact) mass is 707 g/mol. The second-order valence-corrected chi connectivity index (χ2v) is 12.7. The van der Waals surface area contributed by atoms with Crippen molar-refractivity contribution in [3.8, 4) is 17.2 Å². The van der Waals surface area contributed by atoms with Gasteiger partial charge in [-0.25, -0.2) is 0 Å². The Morgan fingerprint density at radius 1 is 0.940 bits per heavy atom. The fourth-order valence-corrected chi connectivity index (χ4v) is 5.24. The molecule has 1 aliphatic heterocycles. The Hall–Kier alpha value is -5.30. The van der Waals surface area contributed by atoms with Crippen LogP contribution < -0.4 is 36.1 Å². The SMILES string of the molecule is CC(C)[C@H]1NC(=O)[C@H](Cc2ccc(O)cc2)NC(=O)C[C@@H](C(=O)NCCOc2ccc(Cl)cc2)NC(=O)c2ccccc2OC[C@H](C)NC1=O. The maximum absolute atomic E-state index is 13.7. The Bertz CT molecular complexity index is 1650. The summed E-state index contributed by atoms with van der Waals surface area (Å²) in [5.74, 6) is -2.69. The van der Waals surface area contributed by atoms with Gasteiger partial charge in [-0.3, -0.25) is 24.0 Å². The molecule has 4 rings (SSSR count). The Morgan fingerprint density at radius 2 is 1.64 bits per heavy atom. The summed E-state index contributed by atoms with van der Waals surface area (Å²) < 4.78 is 11.6. The number of benzene rings is 3. The summed E-state index contributed by atoms with van der Waals surface area (Å²) in [5, 5.41) is 23.9. The predicted octanol–water partition coefficient (Wildman–Crippen LogP) is 2.49. The minimum Gasteiger partial charge on any atom is -0.508 e. The lowest BCUT2D eigenvalue weighted by atomic mass is 10.0. The van der Waals surface area contributed by atoms with Crippen LogP contribution in [-0.4, -0.2) is 78.6 Å². The van der Waals surface area contributed by atoms with E-state index in [9.17, 15) is 29.1 Å². The third-order valence-electron chi connectivity index (χ3n) is 7.78. The molecule has 0 aromatic heterocycles. The zero-order valence-corrected chi connectivity index (χ0v) is 28.8. The van der Waals surface area contributed by atoms with Gasteiger partial charge in [0.25, 0.3) is 5.91 Å². The molecule has 3 aromatic rings. The van der Waals surface area contributed by atoms with Crippen LogP contribution in [0.5, 0.6) is 17.2 Å². The van der Waals surface area contributed by atoms with Gasteiger partial charge in [0.15, 0.2) is 0 Å². The highest BCUT2D eigenvalue weighted by atomic mass is 35.5. The second-order valence-electron chi connectivity index (χ2n) is 12.3. The quantitative estimate of drug-likeness (QED) is 0.193. The van der Waals surface area contributed by atoms with Gasteiger partial charge in [0.2, 0.25) is 23.6 Å². The van der Waals surface area contributed by atoms with E-state index in [2.05, 4.69) is 26.6 Å². The topological polar surface area (TPSA) is 184 Å². The number of amides is 5. The van der Waals surface area contributed by atoms with E-state index in [0.717, 1.165) is 0 Å². The van der Waals surface area contributed by atoms with Crippen molar-refractivity contribution in [3.63, 3.8) is 0 Å². The van der Waals surface area contributed by atoms with Crippen LogP contribution in [0.1, 0.15) is 43.1 Å². The number of halogens is 1. The Morgan fingerprint density at radius 3 is 2.34 bits per heavy atom. The molecule has 4 atom stereocenters. The molecule has 3 aromatic carbocycles. The molecule has 0 unspecified atom stereocenters. The van der Waals surface area contributed by atoms with Crippen LogP contribution in [-0.2, 0) is 25.6 Å². The molecule has 13 nitrogen and oxygen atoms in total. The van der Waals surface area contributed by atoms with Gasteiger partial charge >= 0.3 is 0 Å². The molecule has 5 amide bonds. The van der Waals surface area contributed by atoms with E-state index in [-0.39, 0.29) is 49.2 Å². The van der Waals surface area contributed by atoms with Crippen molar-refractivity contribution in [1.29, 1.82) is 0 Å². The molecule has 0 bridgehead atoms. The third-order valence-corrected chi connectivity index (χ3v) is 8.03. The first-order valence-corrected chi connectivity index (χ1v) is 16.6. The van der Waals surface area contributed by atoms with Crippen molar-refractivity contribution in [2.45, 2.75) is 57.8 Å². The van der Waals surface area contributed by atoms with Crippen molar-refractivity contribution in [1.82, 2.24) is 26.6 Å². The predicted molar refractivity (Wildman–Crippen MR) is 186 cm³/mol. The number of hydrogen-bond donors (Lipinski definition) is 6. The lowest BCUT2D eigenvalue weighted by Crippen LogP contribution is -2.57. The van der Waals surface area contributed by atoms with Gasteiger partial charge in [0.05, 0.1) is 24.6 Å². The van der Waals surface area contributed by atoms with Crippen LogP contribution in [0, 0.1) is 5.92 Å². The van der Waals surface area contributed by atoms with Crippen LogP contribution in [0.15, 0.2) is 72.8 Å². The van der Waals surface area contributed by atoms with E-state index < -0.39 is 60.1 Å². The van der Waals surface area contributed by atoms with Gasteiger partial charge in [-0.05, 0) is 66.9 Å². The summed E-state index contributed by atoms with van der Waals surface area (Å²) in [6.45, 7) is 5.41. The van der Waals surface area contributed by atoms with Gasteiger partial charge in [-0.15, -0.1) is 0 Å². The molecule has 14 heteroatoms. The minimum atomic E-state index is -1.36. The first kappa shape index (κ1) is 37.5. The zero-order chi connectivity index (χ0) is 36.2. The van der Waals surface area contributed by atoms with Crippen molar-refractivity contribution >= 4 is 41.1 Å². The lowest BCUT2D eigenvalue weighted by Gasteiger charge is -2.27. The van der Waals surface area contributed by atoms with E-state index in [1.54, 1.807) is 75.4 Å². The normalized spacial score (nSPS) is 20.6. The van der Waals surface area contributed by atoms with E-state index in [1.165, 1.54) is 18.2 Å². The molecule has 6 N–H and O–H groups in total. The van der Waals surface area contributed by atoms with Gasteiger partial charge in [0.1, 0.15) is 48.6 Å². The second kappa shape index (κ2) is 17.9. The van der Waals surface area contributed by atoms with Crippen molar-refractivity contribution in [2.24, 2.45) is 5.92 Å². The summed E-state index contributed by atoms with van der Waals surface area (Å²) in [4.78, 5) is 67.6. The van der Waals surface area contributed by atoms with Crippen molar-refractivity contribution in [3.05, 3.63) is 88.9 Å². The molecular weight excluding hydrogens is 666 g/mol. The highest BCUT2D eigenvalue weighted by Gasteiger charge is 2.32. The number of rotatable bonds is 8. The van der Waals surface area contributed by atoms with Crippen molar-refractivity contribution in [2.75, 3.05) is 19.8 Å². The number of ether oxygens (including phenoxy) is 2. The van der Waals surface area contributed by atoms with E-state index in [0.29, 0.717) is 16.3 Å². The van der Waals surface area contributed by atoms with Gasteiger partial charge in [-0.2, -0.15) is 0 Å². The number of nitrogens with one attached hydrogen (secondary N) is 5. The molecule has 0 aliphatic carbocycles. The van der Waals surface area contributed by atoms with Crippen LogP contribution in [0.4, 0.5) is 0 Å². The van der Waals surface area contributed by atoms with Crippen LogP contribution in [0.25, 0.3) is 0 Å². The molecule has 0 saturated carbocycles. The molecule has 50 heavy (non-hydrogen) atoms. The lowest BCUT2D eigenvalue weighted by molar-refractivity contribution is -0.133. The number of aromatic hydroxyl groups is 1. The van der Waals surface area contributed by atoms with E-state index in [4.69, 9.17) is 21.1 Å². The van der Waals surface area contributed by atoms with Gasteiger partial charge in [0, 0.05) is 11.4 Å². The maximum Gasteiger partial charge on any atom is 0.255 e. The molecular formula is C36H42ClN5O8. The highest BCUT2D eigenvalue weighted by molar-refractivity contribution is 6.30. The van der Waals surface area contributed by atoms with Crippen LogP contribution in [0.2, 0.25) is 5.02 Å². The number of phenolic OH excluding ortho intramolecular Hbond substituents is 1. The van der Waals surface area contributed by atoms with Crippen LogP contribution >= 0.6 is 11.6 Å². The summed E-state index contributed by atoms with van der Waals surface area (Å²) in [6, 6.07) is 15.2. The minimum absolute atomic E-state index is 0.00412. The average Bonchev–Trinajstić information content (AvgIpc) is 3.08. The Balaban J connectivity index is 1.60. The first-order valence-electron chi connectivity index (χ1n) is 16.3. The molecule has 1 heterocycles. The number of fused-ring (bicyclic) bond motifs is 1. The Kier molecular flexibility index (Phi) is 13.4. The smallest absolute Gasteiger partial charge is 0.255 e. The summed E-state index contributed by atoms with van der Waals surface area (Å²) >= 11 is 5.92. The van der Waals surface area contributed by atoms with E-state index in [1.807, 2.05) is 0 Å². The standard InChI is InChI=1S/C36H42ClN5O8/c1-21(2)32-36(48)39-22(3)20-50-30-7-5-4-6-27(30)33(45)41-29(34(46)38-16-17-49-26-14-10-24(37)11-15-26)19-31(44)40-28(35(47)42-32)18-23-8-12-25(43)13-9-23/h4-15,21-22,28-29,32,43H,16-20H2,1-3H3,(H,38,46)(H,39,48)(H,40,44)(H,41,45)(H,42,47)/t22-,28-,29-,32+/m0/s1. The number of carbonyl (C=O) groups is 5. The molecule has 266 valence electrons. The number of hydrogen-bond acceptors (Lipinski definition) is 8. The summed E-state index contributed by atoms with van der Waals surface area (Å²) in [6.07, 6.45) is -0.518. The van der Waals surface area contributed by atoms with Crippen molar-refractivity contribution < 1.29 is 38.6 Å². The fourth-order valence-electron chi connectivity index (χ4n) is 5.12. The zero-order valence-electron chi connectivity index (χ0n) is 28.0. The largest absolute Gasteiger partial charge is 0.508 e. The third kappa shape index (κ3) is 11.1. The van der Waals surface area contributed by atoms with E-state index >= 15 is 0 Å². The highest BCUT2D eigenvalue weighted by Crippen LogP contribution is 2.19. The fraction of sp³-hybridized carbons (Fsp3) is 0.361. The number of phenols is 1. The molecule has 1 aliphatic rings.